The van der Waals surface area contributed by atoms with Gasteiger partial charge >= 0.3 is 0 Å². The van der Waals surface area contributed by atoms with Gasteiger partial charge in [0.05, 0.1) is 5.69 Å². The quantitative estimate of drug-likeness (QED) is 0.582. The molecule has 0 aliphatic heterocycles. The Morgan fingerprint density at radius 1 is 1.50 bits per heavy atom. The zero-order valence-electron chi connectivity index (χ0n) is 7.29. The summed E-state index contributed by atoms with van der Waals surface area (Å²) < 4.78 is 0. The zero-order chi connectivity index (χ0) is 8.77. The molecule has 0 fully saturated rings. The first-order valence-corrected chi connectivity index (χ1v) is 4.10. The third kappa shape index (κ3) is 0.876. The van der Waals surface area contributed by atoms with E-state index in [4.69, 9.17) is 0 Å². The highest BCUT2D eigenvalue weighted by atomic mass is 16.1. The highest BCUT2D eigenvalue weighted by molar-refractivity contribution is 6.01. The summed E-state index contributed by atoms with van der Waals surface area (Å²) in [6.07, 6.45) is 2.35. The van der Waals surface area contributed by atoms with Gasteiger partial charge in [0.1, 0.15) is 0 Å². The third-order valence-corrected chi connectivity index (χ3v) is 2.35. The summed E-state index contributed by atoms with van der Waals surface area (Å²) in [6, 6.07) is 3.68. The zero-order valence-corrected chi connectivity index (χ0v) is 7.29. The van der Waals surface area contributed by atoms with Crippen LogP contribution in [-0.2, 0) is 5.41 Å². The van der Waals surface area contributed by atoms with Crippen LogP contribution in [0.15, 0.2) is 18.3 Å². The van der Waals surface area contributed by atoms with Crippen LogP contribution in [0.2, 0.25) is 0 Å². The lowest BCUT2D eigenvalue weighted by Gasteiger charge is -2.15. The summed E-state index contributed by atoms with van der Waals surface area (Å²) in [5, 5.41) is 0. The number of fused-ring (bicyclic) bond motifs is 1. The standard InChI is InChI=1S/C10H11NO/c1-10(2)6-8(12)7-4-3-5-11-9(7)10/h3-5H,6H2,1-2H3. The molecule has 1 aliphatic rings. The van der Waals surface area contributed by atoms with Gasteiger partial charge < -0.3 is 0 Å². The molecule has 0 spiro atoms. The van der Waals surface area contributed by atoms with E-state index in [2.05, 4.69) is 18.8 Å². The Bertz CT molecular complexity index is 341. The lowest BCUT2D eigenvalue weighted by atomic mass is 9.90. The lowest BCUT2D eigenvalue weighted by molar-refractivity contribution is 0.0979. The topological polar surface area (TPSA) is 30.0 Å². The number of carbonyl (C=O) groups is 1. The van der Waals surface area contributed by atoms with Crippen molar-refractivity contribution < 1.29 is 4.79 Å². The molecule has 0 unspecified atom stereocenters. The Hall–Kier alpha value is -1.18. The second-order valence-corrected chi connectivity index (χ2v) is 3.88. The van der Waals surface area contributed by atoms with Crippen LogP contribution < -0.4 is 0 Å². The maximum Gasteiger partial charge on any atom is 0.165 e. The van der Waals surface area contributed by atoms with Crippen LogP contribution in [-0.4, -0.2) is 10.8 Å². The van der Waals surface area contributed by atoms with E-state index in [1.54, 1.807) is 6.20 Å². The molecule has 1 aliphatic carbocycles. The molecule has 2 rings (SSSR count). The summed E-state index contributed by atoms with van der Waals surface area (Å²) in [7, 11) is 0. The summed E-state index contributed by atoms with van der Waals surface area (Å²) in [4.78, 5) is 15.7. The van der Waals surface area contributed by atoms with E-state index < -0.39 is 0 Å². The van der Waals surface area contributed by atoms with Crippen molar-refractivity contribution in [3.8, 4) is 0 Å². The summed E-state index contributed by atoms with van der Waals surface area (Å²) in [5.41, 5.74) is 1.70. The van der Waals surface area contributed by atoms with Gasteiger partial charge in [-0.25, -0.2) is 0 Å². The van der Waals surface area contributed by atoms with Gasteiger partial charge in [-0.3, -0.25) is 9.78 Å². The maximum atomic E-state index is 11.4. The molecule has 2 nitrogen and oxygen atoms in total. The van der Waals surface area contributed by atoms with E-state index in [0.29, 0.717) is 6.42 Å². The van der Waals surface area contributed by atoms with Crippen LogP contribution in [0.5, 0.6) is 0 Å². The SMILES string of the molecule is CC1(C)CC(=O)c2cccnc21. The van der Waals surface area contributed by atoms with Crippen LogP contribution in [0, 0.1) is 0 Å². The predicted molar refractivity (Wildman–Crippen MR) is 46.2 cm³/mol. The fourth-order valence-electron chi connectivity index (χ4n) is 1.75. The Balaban J connectivity index is 2.66. The molecule has 62 valence electrons. The number of hydrogen-bond acceptors (Lipinski definition) is 2. The van der Waals surface area contributed by atoms with Crippen molar-refractivity contribution in [2.24, 2.45) is 0 Å². The first-order chi connectivity index (χ1) is 5.61. The molecule has 0 atom stereocenters. The number of hydrogen-bond donors (Lipinski definition) is 0. The maximum absolute atomic E-state index is 11.4. The average Bonchev–Trinajstić information content (AvgIpc) is 2.25. The molecule has 0 saturated heterocycles. The number of Topliss-reactive ketones (excluding diaryl/α,β-unsaturated/α-hetero) is 1. The number of aromatic nitrogens is 1. The Labute approximate surface area is 71.6 Å². The van der Waals surface area contributed by atoms with Crippen LogP contribution in [0.4, 0.5) is 0 Å². The Kier molecular flexibility index (Phi) is 1.34. The number of rotatable bonds is 0. The highest BCUT2D eigenvalue weighted by Crippen LogP contribution is 2.35. The minimum atomic E-state index is -0.0618. The van der Waals surface area contributed by atoms with E-state index in [1.807, 2.05) is 12.1 Å². The summed E-state index contributed by atoms with van der Waals surface area (Å²) in [6.45, 7) is 4.12. The van der Waals surface area contributed by atoms with Gasteiger partial charge in [0.2, 0.25) is 0 Å². The number of ketones is 1. The molecular weight excluding hydrogens is 150 g/mol. The van der Waals surface area contributed by atoms with Crippen molar-refractivity contribution in [2.75, 3.05) is 0 Å². The Morgan fingerprint density at radius 3 is 2.92 bits per heavy atom. The average molecular weight is 161 g/mol. The molecule has 0 radical (unpaired) electrons. The normalized spacial score (nSPS) is 19.3. The van der Waals surface area contributed by atoms with Crippen molar-refractivity contribution in [1.29, 1.82) is 0 Å². The lowest BCUT2D eigenvalue weighted by Crippen LogP contribution is -2.13. The van der Waals surface area contributed by atoms with E-state index in [-0.39, 0.29) is 11.2 Å². The molecule has 0 amide bonds. The highest BCUT2D eigenvalue weighted by Gasteiger charge is 2.36. The van der Waals surface area contributed by atoms with Crippen LogP contribution in [0.25, 0.3) is 0 Å². The molecule has 12 heavy (non-hydrogen) atoms. The first-order valence-electron chi connectivity index (χ1n) is 4.10. The molecule has 2 heteroatoms. The van der Waals surface area contributed by atoms with Gasteiger partial charge in [-0.1, -0.05) is 13.8 Å². The van der Waals surface area contributed by atoms with Gasteiger partial charge in [-0.2, -0.15) is 0 Å². The van der Waals surface area contributed by atoms with Crippen LogP contribution in [0.1, 0.15) is 36.3 Å². The minimum absolute atomic E-state index is 0.0618. The van der Waals surface area contributed by atoms with E-state index in [9.17, 15) is 4.79 Å². The third-order valence-electron chi connectivity index (χ3n) is 2.35. The van der Waals surface area contributed by atoms with Gasteiger partial charge in [-0.05, 0) is 12.1 Å². The second kappa shape index (κ2) is 2.16. The monoisotopic (exact) mass is 161 g/mol. The van der Waals surface area contributed by atoms with E-state index in [1.165, 1.54) is 0 Å². The van der Waals surface area contributed by atoms with Gasteiger partial charge in [0.25, 0.3) is 0 Å². The van der Waals surface area contributed by atoms with Crippen LogP contribution in [0.3, 0.4) is 0 Å². The van der Waals surface area contributed by atoms with Gasteiger partial charge in [-0.15, -0.1) is 0 Å². The summed E-state index contributed by atoms with van der Waals surface area (Å²) >= 11 is 0. The molecule has 0 bridgehead atoms. The van der Waals surface area contributed by atoms with Crippen LogP contribution >= 0.6 is 0 Å². The molecule has 0 saturated carbocycles. The molecular formula is C10H11NO. The van der Waals surface area contributed by atoms with Gasteiger partial charge in [0, 0.05) is 23.6 Å². The van der Waals surface area contributed by atoms with Crippen molar-refractivity contribution >= 4 is 5.78 Å². The fraction of sp³-hybridized carbons (Fsp3) is 0.400. The van der Waals surface area contributed by atoms with Crippen molar-refractivity contribution in [2.45, 2.75) is 25.7 Å². The smallest absolute Gasteiger partial charge is 0.165 e. The van der Waals surface area contributed by atoms with E-state index >= 15 is 0 Å². The van der Waals surface area contributed by atoms with Crippen molar-refractivity contribution in [3.05, 3.63) is 29.6 Å². The molecule has 1 heterocycles. The van der Waals surface area contributed by atoms with Crippen molar-refractivity contribution in [1.82, 2.24) is 4.98 Å². The number of nitrogens with zero attached hydrogens (tertiary/aromatic N) is 1. The van der Waals surface area contributed by atoms with E-state index in [0.717, 1.165) is 11.3 Å². The number of pyridine rings is 1. The van der Waals surface area contributed by atoms with Gasteiger partial charge in [0.15, 0.2) is 5.78 Å². The fourth-order valence-corrected chi connectivity index (χ4v) is 1.75. The molecule has 0 N–H and O–H groups in total. The minimum Gasteiger partial charge on any atom is -0.294 e. The Morgan fingerprint density at radius 2 is 2.25 bits per heavy atom. The molecule has 1 aromatic heterocycles. The molecule has 1 aromatic rings. The summed E-state index contributed by atoms with van der Waals surface area (Å²) in [5.74, 6) is 0.225. The second-order valence-electron chi connectivity index (χ2n) is 3.88. The van der Waals surface area contributed by atoms with Crippen molar-refractivity contribution in [3.63, 3.8) is 0 Å². The predicted octanol–water partition coefficient (Wildman–Crippen LogP) is 1.95. The number of carbonyl (C=O) groups excluding carboxylic acids is 1. The molecule has 0 aromatic carbocycles. The largest absolute Gasteiger partial charge is 0.294 e. The first kappa shape index (κ1) is 7.47.